The molecule has 1 N–H and O–H groups in total. The smallest absolute Gasteiger partial charge is 0.192 e. The third kappa shape index (κ3) is 6.54. The van der Waals surface area contributed by atoms with Crippen LogP contribution in [0, 0.1) is 0 Å². The normalized spacial score (nSPS) is 25.4. The number of halogens is 1. The van der Waals surface area contributed by atoms with Gasteiger partial charge < -0.3 is 19.4 Å². The van der Waals surface area contributed by atoms with Gasteiger partial charge in [-0.25, -0.2) is 4.39 Å². The first kappa shape index (κ1) is 27.4. The summed E-state index contributed by atoms with van der Waals surface area (Å²) in [5.74, 6) is 0.701. The summed E-state index contributed by atoms with van der Waals surface area (Å²) in [6, 6.07) is 0.234. The Balaban J connectivity index is 1.79. The molecule has 0 bridgehead atoms. The minimum absolute atomic E-state index is 0.00643. The Bertz CT molecular complexity index is 970. The molecule has 0 saturated heterocycles. The van der Waals surface area contributed by atoms with Gasteiger partial charge in [-0.15, -0.1) is 0 Å². The van der Waals surface area contributed by atoms with Crippen LogP contribution in [-0.4, -0.2) is 84.1 Å². The van der Waals surface area contributed by atoms with Gasteiger partial charge in [0.25, 0.3) is 0 Å². The first-order valence-electron chi connectivity index (χ1n) is 12.4. The summed E-state index contributed by atoms with van der Waals surface area (Å²) in [6.45, 7) is 10.3. The van der Waals surface area contributed by atoms with Crippen LogP contribution >= 0.6 is 0 Å². The van der Waals surface area contributed by atoms with Crippen molar-refractivity contribution < 1.29 is 13.6 Å². The number of hydrogen-bond donors (Lipinski definition) is 1. The van der Waals surface area contributed by atoms with Crippen molar-refractivity contribution in [3.63, 3.8) is 0 Å². The van der Waals surface area contributed by atoms with Gasteiger partial charge in [0.2, 0.25) is 0 Å². The Hall–Kier alpha value is -2.16. The average molecular weight is 503 g/mol. The maximum absolute atomic E-state index is 13.9. The second-order valence-corrected chi connectivity index (χ2v) is 16.2. The number of likely N-dealkylation sites (N-methyl/N-ethyl adjacent to an activating group) is 2. The predicted molar refractivity (Wildman–Crippen MR) is 146 cm³/mol. The van der Waals surface area contributed by atoms with Gasteiger partial charge in [-0.05, 0) is 62.4 Å². The molecular weight excluding hydrogens is 459 g/mol. The molecule has 3 aliphatic rings. The van der Waals surface area contributed by atoms with Crippen LogP contribution in [0.25, 0.3) is 0 Å². The number of ether oxygens (including phenoxy) is 1. The van der Waals surface area contributed by atoms with Crippen molar-refractivity contribution in [3.8, 4) is 0 Å². The van der Waals surface area contributed by atoms with Gasteiger partial charge in [-0.2, -0.15) is 0 Å². The number of nitrogens with zero attached hydrogens (tertiary/aromatic N) is 3. The zero-order valence-corrected chi connectivity index (χ0v) is 23.9. The molecule has 35 heavy (non-hydrogen) atoms. The highest BCUT2D eigenvalue weighted by molar-refractivity contribution is 6.74. The summed E-state index contributed by atoms with van der Waals surface area (Å²) in [5.41, 5.74) is 4.46. The molecule has 1 unspecified atom stereocenters. The van der Waals surface area contributed by atoms with E-state index in [0.717, 1.165) is 17.7 Å². The standard InChI is InChI=1S/C27H43FN4O2Si/c1-27(2,3)35(8,9)34-22(16-28)18-33-25-15-20(17-29-26(25)32(6)7)24-12-10-19-14-21(31(4)5)11-13-23(19)30-24/h10-12,14-15,17,22-23,26,30H,13,16,18H2,1-9H3/t22?,23-,26+/m0/s1. The minimum Gasteiger partial charge on any atom is -0.491 e. The lowest BCUT2D eigenvalue weighted by Gasteiger charge is -2.38. The molecule has 0 aromatic rings. The van der Waals surface area contributed by atoms with Crippen molar-refractivity contribution >= 4 is 14.5 Å². The van der Waals surface area contributed by atoms with Crippen molar-refractivity contribution in [3.05, 3.63) is 58.7 Å². The van der Waals surface area contributed by atoms with Crippen LogP contribution in [0.15, 0.2) is 63.7 Å². The number of aliphatic imine (C=N–C) groups is 1. The van der Waals surface area contributed by atoms with E-state index in [1.807, 2.05) is 31.3 Å². The van der Waals surface area contributed by atoms with Crippen molar-refractivity contribution in [2.24, 2.45) is 4.99 Å². The van der Waals surface area contributed by atoms with Gasteiger partial charge >= 0.3 is 0 Å². The number of dihydropyridines is 1. The maximum Gasteiger partial charge on any atom is 0.192 e. The third-order valence-electron chi connectivity index (χ3n) is 7.15. The van der Waals surface area contributed by atoms with Gasteiger partial charge in [-0.1, -0.05) is 32.9 Å². The molecule has 0 aromatic heterocycles. The van der Waals surface area contributed by atoms with Crippen molar-refractivity contribution in [1.29, 1.82) is 0 Å². The minimum atomic E-state index is -2.10. The van der Waals surface area contributed by atoms with E-state index in [1.165, 1.54) is 11.3 Å². The highest BCUT2D eigenvalue weighted by Gasteiger charge is 2.39. The van der Waals surface area contributed by atoms with E-state index in [9.17, 15) is 4.39 Å². The Morgan fingerprint density at radius 2 is 1.89 bits per heavy atom. The lowest BCUT2D eigenvalue weighted by Crippen LogP contribution is -2.46. The van der Waals surface area contributed by atoms with Crippen LogP contribution in [0.3, 0.4) is 0 Å². The van der Waals surface area contributed by atoms with E-state index in [4.69, 9.17) is 14.2 Å². The molecular formula is C27H43FN4O2Si. The predicted octanol–water partition coefficient (Wildman–Crippen LogP) is 4.78. The fraction of sp³-hybridized carbons (Fsp3) is 0.593. The third-order valence-corrected chi connectivity index (χ3v) is 11.7. The summed E-state index contributed by atoms with van der Waals surface area (Å²) in [6.07, 6.45) is 12.7. The highest BCUT2D eigenvalue weighted by atomic mass is 28.4. The van der Waals surface area contributed by atoms with Crippen LogP contribution < -0.4 is 5.32 Å². The molecule has 8 heteroatoms. The second kappa shape index (κ2) is 10.8. The van der Waals surface area contributed by atoms with E-state index >= 15 is 0 Å². The van der Waals surface area contributed by atoms with Crippen molar-refractivity contribution in [2.45, 2.75) is 63.6 Å². The molecule has 0 fully saturated rings. The fourth-order valence-electron chi connectivity index (χ4n) is 3.95. The van der Waals surface area contributed by atoms with Gasteiger partial charge in [0.1, 0.15) is 25.1 Å². The van der Waals surface area contributed by atoms with Gasteiger partial charge in [0.15, 0.2) is 14.5 Å². The zero-order valence-electron chi connectivity index (χ0n) is 22.9. The number of alkyl halides is 1. The van der Waals surface area contributed by atoms with Crippen molar-refractivity contribution in [2.75, 3.05) is 41.5 Å². The lowest BCUT2D eigenvalue weighted by molar-refractivity contribution is 0.0480. The topological polar surface area (TPSA) is 49.3 Å². The molecule has 3 atom stereocenters. The second-order valence-electron chi connectivity index (χ2n) is 11.4. The van der Waals surface area contributed by atoms with Gasteiger partial charge in [0.05, 0.1) is 6.04 Å². The van der Waals surface area contributed by atoms with E-state index in [-0.39, 0.29) is 23.9 Å². The van der Waals surface area contributed by atoms with Crippen LogP contribution in [0.4, 0.5) is 4.39 Å². The van der Waals surface area contributed by atoms with E-state index < -0.39 is 21.1 Å². The molecule has 0 amide bonds. The largest absolute Gasteiger partial charge is 0.491 e. The summed E-state index contributed by atoms with van der Waals surface area (Å²) in [5, 5.41) is 3.66. The van der Waals surface area contributed by atoms with Gasteiger partial charge in [0, 0.05) is 37.3 Å². The summed E-state index contributed by atoms with van der Waals surface area (Å²) in [7, 11) is 5.94. The molecule has 194 valence electrons. The first-order chi connectivity index (χ1) is 16.3. The Kier molecular flexibility index (Phi) is 8.50. The molecule has 3 rings (SSSR count). The molecule has 0 saturated carbocycles. The molecule has 2 heterocycles. The van der Waals surface area contributed by atoms with Gasteiger partial charge in [-0.3, -0.25) is 9.89 Å². The quantitative estimate of drug-likeness (QED) is 0.484. The molecule has 1 aliphatic carbocycles. The summed E-state index contributed by atoms with van der Waals surface area (Å²) in [4.78, 5) is 8.86. The molecule has 0 spiro atoms. The zero-order chi connectivity index (χ0) is 26.0. The Labute approximate surface area is 212 Å². The van der Waals surface area contributed by atoms with Crippen LogP contribution in [-0.2, 0) is 9.16 Å². The van der Waals surface area contributed by atoms with Crippen LogP contribution in [0.5, 0.6) is 0 Å². The molecule has 6 nitrogen and oxygen atoms in total. The molecule has 0 aromatic carbocycles. The molecule has 0 radical (unpaired) electrons. The van der Waals surface area contributed by atoms with E-state index in [0.29, 0.717) is 5.76 Å². The summed E-state index contributed by atoms with van der Waals surface area (Å²) < 4.78 is 26.4. The number of fused-ring (bicyclic) bond motifs is 1. The first-order valence-corrected chi connectivity index (χ1v) is 15.3. The van der Waals surface area contributed by atoms with E-state index in [1.54, 1.807) is 0 Å². The summed E-state index contributed by atoms with van der Waals surface area (Å²) >= 11 is 0. The Morgan fingerprint density at radius 3 is 2.49 bits per heavy atom. The highest BCUT2D eigenvalue weighted by Crippen LogP contribution is 2.37. The fourth-order valence-corrected chi connectivity index (χ4v) is 5.27. The maximum atomic E-state index is 13.9. The Morgan fingerprint density at radius 1 is 1.17 bits per heavy atom. The lowest BCUT2D eigenvalue weighted by atomic mass is 9.92. The number of nitrogens with one attached hydrogen (secondary N) is 1. The van der Waals surface area contributed by atoms with Crippen LogP contribution in [0.1, 0.15) is 27.2 Å². The monoisotopic (exact) mass is 502 g/mol. The SMILES string of the molecule is CN(C)C1=CC[C@@H]2NC(=C3C=N[C@H](N(C)C)C(OCC(CF)O[Si](C)(C)C(C)(C)C)=C3)C=CC2=C1. The molecule has 2 aliphatic heterocycles. The van der Waals surface area contributed by atoms with Crippen molar-refractivity contribution in [1.82, 2.24) is 15.1 Å². The number of allylic oxidation sites excluding steroid dienone is 4. The number of rotatable bonds is 8. The van der Waals surface area contributed by atoms with E-state index in [2.05, 4.69) is 82.5 Å². The average Bonchev–Trinajstić information content (AvgIpc) is 2.79. The number of hydrogen-bond acceptors (Lipinski definition) is 6. The van der Waals surface area contributed by atoms with Crippen LogP contribution in [0.2, 0.25) is 18.1 Å².